The van der Waals surface area contributed by atoms with Crippen molar-refractivity contribution < 1.29 is 4.79 Å². The number of hydrogen-bond acceptors (Lipinski definition) is 2. The van der Waals surface area contributed by atoms with E-state index in [0.717, 1.165) is 18.9 Å². The molecule has 0 aliphatic carbocycles. The number of likely N-dealkylation sites (tertiary alicyclic amines) is 1. The fourth-order valence-corrected chi connectivity index (χ4v) is 2.93. The van der Waals surface area contributed by atoms with Crippen LogP contribution in [0.3, 0.4) is 0 Å². The third-order valence-corrected chi connectivity index (χ3v) is 4.00. The van der Waals surface area contributed by atoms with Crippen LogP contribution in [0.5, 0.6) is 0 Å². The Bertz CT molecular complexity index is 467. The third-order valence-electron chi connectivity index (χ3n) is 3.76. The number of nitrogens with zero attached hydrogens (tertiary/aromatic N) is 1. The molecule has 1 atom stereocenters. The molecule has 0 spiro atoms. The summed E-state index contributed by atoms with van der Waals surface area (Å²) in [5.74, 6) is 0.804. The van der Waals surface area contributed by atoms with E-state index in [1.54, 1.807) is 12.1 Å². The average Bonchev–Trinajstić information content (AvgIpc) is 2.44. The topological polar surface area (TPSA) is 44.4 Å². The highest BCUT2D eigenvalue weighted by molar-refractivity contribution is 6.30. The number of hydrogen-bond donors (Lipinski definition) is 2. The Hall–Kier alpha value is -1.26. The van der Waals surface area contributed by atoms with Crippen molar-refractivity contribution in [1.29, 1.82) is 0 Å². The van der Waals surface area contributed by atoms with Gasteiger partial charge in [0.05, 0.1) is 0 Å². The number of halogens is 1. The summed E-state index contributed by atoms with van der Waals surface area (Å²) in [6.45, 7) is 6.44. The summed E-state index contributed by atoms with van der Waals surface area (Å²) in [4.78, 5) is 14.2. The molecule has 1 aliphatic rings. The van der Waals surface area contributed by atoms with Gasteiger partial charge in [-0.2, -0.15) is 0 Å². The zero-order valence-corrected chi connectivity index (χ0v) is 13.3. The fourth-order valence-electron chi connectivity index (χ4n) is 2.74. The summed E-state index contributed by atoms with van der Waals surface area (Å²) in [5, 5.41) is 6.28. The van der Waals surface area contributed by atoms with E-state index >= 15 is 0 Å². The van der Waals surface area contributed by atoms with Crippen molar-refractivity contribution >= 4 is 23.3 Å². The second-order valence-electron chi connectivity index (χ2n) is 5.79. The molecule has 0 radical (unpaired) electrons. The molecule has 0 aromatic heterocycles. The first-order valence-corrected chi connectivity index (χ1v) is 8.04. The van der Waals surface area contributed by atoms with E-state index in [4.69, 9.17) is 11.6 Å². The highest BCUT2D eigenvalue weighted by atomic mass is 35.5. The Balaban J connectivity index is 1.61. The minimum atomic E-state index is -0.177. The van der Waals surface area contributed by atoms with Crippen LogP contribution in [-0.4, -0.2) is 37.1 Å². The van der Waals surface area contributed by atoms with Crippen molar-refractivity contribution in [3.05, 3.63) is 29.3 Å². The second-order valence-corrected chi connectivity index (χ2v) is 6.23. The largest absolute Gasteiger partial charge is 0.338 e. The molecule has 1 unspecified atom stereocenters. The zero-order valence-electron chi connectivity index (χ0n) is 12.6. The number of benzene rings is 1. The van der Waals surface area contributed by atoms with Gasteiger partial charge in [-0.15, -0.1) is 0 Å². The van der Waals surface area contributed by atoms with Gasteiger partial charge >= 0.3 is 6.03 Å². The average molecular weight is 310 g/mol. The molecule has 21 heavy (non-hydrogen) atoms. The maximum absolute atomic E-state index is 11.7. The van der Waals surface area contributed by atoms with Crippen LogP contribution in [0, 0.1) is 5.92 Å². The van der Waals surface area contributed by atoms with Crippen molar-refractivity contribution in [3.8, 4) is 0 Å². The van der Waals surface area contributed by atoms with Crippen LogP contribution in [0.2, 0.25) is 5.02 Å². The van der Waals surface area contributed by atoms with Crippen LogP contribution >= 0.6 is 11.6 Å². The normalized spacial score (nSPS) is 19.2. The number of carbonyl (C=O) groups excluding carboxylic acids is 1. The van der Waals surface area contributed by atoms with Gasteiger partial charge in [-0.3, -0.25) is 0 Å². The lowest BCUT2D eigenvalue weighted by molar-refractivity contribution is 0.182. The molecule has 1 fully saturated rings. The second kappa shape index (κ2) is 8.25. The molecule has 1 heterocycles. The number of anilines is 1. The highest BCUT2D eigenvalue weighted by Crippen LogP contribution is 2.15. The van der Waals surface area contributed by atoms with Gasteiger partial charge in [-0.1, -0.05) is 24.6 Å². The van der Waals surface area contributed by atoms with Gasteiger partial charge in [0.2, 0.25) is 0 Å². The zero-order chi connectivity index (χ0) is 15.1. The molecular formula is C16H24ClN3O. The SMILES string of the molecule is CC1CCCN(CCCNC(=O)Nc2cccc(Cl)c2)C1. The quantitative estimate of drug-likeness (QED) is 0.817. The molecule has 1 aromatic rings. The van der Waals surface area contributed by atoms with Gasteiger partial charge in [-0.25, -0.2) is 4.79 Å². The molecule has 1 aliphatic heterocycles. The third kappa shape index (κ3) is 5.94. The summed E-state index contributed by atoms with van der Waals surface area (Å²) in [7, 11) is 0. The number of nitrogens with one attached hydrogen (secondary N) is 2. The number of urea groups is 1. The Kier molecular flexibility index (Phi) is 6.33. The van der Waals surface area contributed by atoms with Crippen molar-refractivity contribution in [2.24, 2.45) is 5.92 Å². The van der Waals surface area contributed by atoms with Gasteiger partial charge in [-0.05, 0) is 56.5 Å². The Labute approximate surface area is 131 Å². The lowest BCUT2D eigenvalue weighted by atomic mass is 10.0. The van der Waals surface area contributed by atoms with E-state index in [2.05, 4.69) is 22.5 Å². The van der Waals surface area contributed by atoms with E-state index in [0.29, 0.717) is 17.3 Å². The summed E-state index contributed by atoms with van der Waals surface area (Å²) in [6.07, 6.45) is 3.62. The van der Waals surface area contributed by atoms with Crippen molar-refractivity contribution in [3.63, 3.8) is 0 Å². The number of piperidine rings is 1. The maximum Gasteiger partial charge on any atom is 0.319 e. The van der Waals surface area contributed by atoms with E-state index < -0.39 is 0 Å². The van der Waals surface area contributed by atoms with Crippen LogP contribution in [-0.2, 0) is 0 Å². The molecule has 116 valence electrons. The number of rotatable bonds is 5. The van der Waals surface area contributed by atoms with Crippen molar-refractivity contribution in [2.75, 3.05) is 31.5 Å². The first kappa shape index (κ1) is 16.1. The molecule has 1 saturated heterocycles. The predicted octanol–water partition coefficient (Wildman–Crippen LogP) is 3.58. The van der Waals surface area contributed by atoms with E-state index in [9.17, 15) is 4.79 Å². The van der Waals surface area contributed by atoms with Gasteiger partial charge in [0.1, 0.15) is 0 Å². The predicted molar refractivity (Wildman–Crippen MR) is 87.9 cm³/mol. The molecule has 4 nitrogen and oxygen atoms in total. The van der Waals surface area contributed by atoms with Crippen LogP contribution in [0.4, 0.5) is 10.5 Å². The van der Waals surface area contributed by atoms with Gasteiger partial charge in [0.15, 0.2) is 0 Å². The Morgan fingerprint density at radius 1 is 1.48 bits per heavy atom. The van der Waals surface area contributed by atoms with Crippen LogP contribution < -0.4 is 10.6 Å². The van der Waals surface area contributed by atoms with Gasteiger partial charge in [0.25, 0.3) is 0 Å². The minimum absolute atomic E-state index is 0.177. The first-order chi connectivity index (χ1) is 10.1. The minimum Gasteiger partial charge on any atom is -0.338 e. The first-order valence-electron chi connectivity index (χ1n) is 7.66. The smallest absolute Gasteiger partial charge is 0.319 e. The van der Waals surface area contributed by atoms with Crippen LogP contribution in [0.1, 0.15) is 26.2 Å². The van der Waals surface area contributed by atoms with E-state index in [1.165, 1.54) is 25.9 Å². The number of amides is 2. The molecule has 1 aromatic carbocycles. The molecule has 2 N–H and O–H groups in total. The highest BCUT2D eigenvalue weighted by Gasteiger charge is 2.15. The summed E-state index contributed by atoms with van der Waals surface area (Å²) >= 11 is 5.88. The summed E-state index contributed by atoms with van der Waals surface area (Å²) in [6, 6.07) is 6.97. The van der Waals surface area contributed by atoms with Crippen LogP contribution in [0.15, 0.2) is 24.3 Å². The fraction of sp³-hybridized carbons (Fsp3) is 0.562. The molecule has 0 bridgehead atoms. The number of carbonyl (C=O) groups is 1. The monoisotopic (exact) mass is 309 g/mol. The maximum atomic E-state index is 11.7. The van der Waals surface area contributed by atoms with Crippen LogP contribution in [0.25, 0.3) is 0 Å². The van der Waals surface area contributed by atoms with Gasteiger partial charge < -0.3 is 15.5 Å². The Morgan fingerprint density at radius 3 is 3.10 bits per heavy atom. The standard InChI is InChI=1S/C16H24ClN3O/c1-13-5-3-9-20(12-13)10-4-8-18-16(21)19-15-7-2-6-14(17)11-15/h2,6-7,11,13H,3-5,8-10,12H2,1H3,(H2,18,19,21). The Morgan fingerprint density at radius 2 is 2.33 bits per heavy atom. The lowest BCUT2D eigenvalue weighted by Crippen LogP contribution is -2.37. The summed E-state index contributed by atoms with van der Waals surface area (Å²) in [5.41, 5.74) is 0.713. The summed E-state index contributed by atoms with van der Waals surface area (Å²) < 4.78 is 0. The molecule has 0 saturated carbocycles. The molecular weight excluding hydrogens is 286 g/mol. The molecule has 2 rings (SSSR count). The van der Waals surface area contributed by atoms with Gasteiger partial charge in [0, 0.05) is 23.8 Å². The van der Waals surface area contributed by atoms with E-state index in [-0.39, 0.29) is 6.03 Å². The molecule has 2 amide bonds. The molecule has 5 heteroatoms. The van der Waals surface area contributed by atoms with Crippen molar-refractivity contribution in [1.82, 2.24) is 10.2 Å². The van der Waals surface area contributed by atoms with Crippen molar-refractivity contribution in [2.45, 2.75) is 26.2 Å². The van der Waals surface area contributed by atoms with E-state index in [1.807, 2.05) is 12.1 Å². The lowest BCUT2D eigenvalue weighted by Gasteiger charge is -2.30.